The van der Waals surface area contributed by atoms with Gasteiger partial charge >= 0.3 is 0 Å². The molecule has 1 aliphatic rings. The highest BCUT2D eigenvalue weighted by atomic mass is 31.2. The molecule has 0 amide bonds. The summed E-state index contributed by atoms with van der Waals surface area (Å²) < 4.78 is 6.08. The van der Waals surface area contributed by atoms with Crippen LogP contribution in [-0.2, 0) is 0 Å². The minimum Gasteiger partial charge on any atom is -0.507 e. The number of benzene rings is 2. The van der Waals surface area contributed by atoms with Gasteiger partial charge in [-0.25, -0.2) is 0 Å². The second-order valence-electron chi connectivity index (χ2n) is 15.2. The summed E-state index contributed by atoms with van der Waals surface area (Å²) >= 11 is 0. The molecule has 280 valence electrons. The zero-order chi connectivity index (χ0) is 36.2. The van der Waals surface area contributed by atoms with Gasteiger partial charge in [0.05, 0.1) is 42.4 Å². The number of ketones is 2. The van der Waals surface area contributed by atoms with Crippen molar-refractivity contribution in [1.82, 2.24) is 0 Å². The van der Waals surface area contributed by atoms with E-state index in [2.05, 4.69) is 20.8 Å². The first-order valence-electron chi connectivity index (χ1n) is 20.5. The molecule has 0 aromatic heterocycles. The Hall–Kier alpha value is -2.39. The lowest BCUT2D eigenvalue weighted by molar-refractivity contribution is 0.0973. The van der Waals surface area contributed by atoms with E-state index in [9.17, 15) is 19.8 Å². The minimum atomic E-state index is -0.997. The zero-order valence-corrected chi connectivity index (χ0v) is 33.2. The van der Waals surface area contributed by atoms with Gasteiger partial charge in [-0.1, -0.05) is 97.8 Å². The predicted molar refractivity (Wildman–Crippen MR) is 214 cm³/mol. The number of rotatable bonds is 28. The van der Waals surface area contributed by atoms with Crippen LogP contribution in [0.15, 0.2) is 24.3 Å². The maximum absolute atomic E-state index is 13.4. The van der Waals surface area contributed by atoms with Gasteiger partial charge < -0.3 is 14.9 Å². The molecule has 0 spiro atoms. The fourth-order valence-electron chi connectivity index (χ4n) is 7.83. The number of ether oxygens (including phenoxy) is 1. The maximum Gasteiger partial charge on any atom is 0.201 e. The highest BCUT2D eigenvalue weighted by Crippen LogP contribution is 2.61. The molecule has 0 fully saturated rings. The normalized spacial score (nSPS) is 12.7. The summed E-state index contributed by atoms with van der Waals surface area (Å²) in [5, 5.41) is 21.2. The number of phenols is 2. The molecule has 0 heterocycles. The maximum atomic E-state index is 13.4. The predicted octanol–water partition coefficient (Wildman–Crippen LogP) is 12.8. The summed E-state index contributed by atoms with van der Waals surface area (Å²) in [5.74, 6) is -1.03. The molecule has 0 saturated carbocycles. The van der Waals surface area contributed by atoms with Gasteiger partial charge in [-0.15, -0.1) is 0 Å². The third-order valence-corrected chi connectivity index (χ3v) is 15.9. The van der Waals surface area contributed by atoms with Gasteiger partial charge in [-0.05, 0) is 88.5 Å². The number of hydrogen-bond donors (Lipinski definition) is 2. The Morgan fingerprint density at radius 2 is 0.900 bits per heavy atom. The van der Waals surface area contributed by atoms with Crippen LogP contribution in [0.1, 0.15) is 193 Å². The Labute approximate surface area is 305 Å². The van der Waals surface area contributed by atoms with Crippen LogP contribution < -0.4 is 4.74 Å². The highest BCUT2D eigenvalue weighted by Gasteiger charge is 2.36. The Morgan fingerprint density at radius 3 is 1.38 bits per heavy atom. The van der Waals surface area contributed by atoms with Crippen molar-refractivity contribution < 1.29 is 24.5 Å². The van der Waals surface area contributed by atoms with Crippen molar-refractivity contribution in [2.75, 3.05) is 31.3 Å². The van der Waals surface area contributed by atoms with Crippen LogP contribution in [0.5, 0.6) is 17.2 Å². The van der Waals surface area contributed by atoms with Crippen LogP contribution in [0.4, 0.5) is 0 Å². The van der Waals surface area contributed by atoms with E-state index in [4.69, 9.17) is 4.74 Å². The smallest absolute Gasteiger partial charge is 0.201 e. The van der Waals surface area contributed by atoms with E-state index in [-0.39, 0.29) is 39.5 Å². The second-order valence-corrected chi connectivity index (χ2v) is 19.7. The average molecular weight is 710 g/mol. The Morgan fingerprint density at radius 1 is 0.500 bits per heavy atom. The Balaban J connectivity index is 1.59. The van der Waals surface area contributed by atoms with Crippen molar-refractivity contribution >= 4 is 18.8 Å². The summed E-state index contributed by atoms with van der Waals surface area (Å²) in [5.41, 5.74) is 0.901. The molecular weight excluding hydrogens is 639 g/mol. The fraction of sp³-hybridized carbons (Fsp3) is 0.682. The van der Waals surface area contributed by atoms with E-state index in [0.29, 0.717) is 17.9 Å². The molecule has 2 aromatic rings. The molecule has 0 aliphatic heterocycles. The summed E-state index contributed by atoms with van der Waals surface area (Å²) in [6.45, 7) is 9.18. The summed E-state index contributed by atoms with van der Waals surface area (Å²) in [7, 11) is -0.997. The molecule has 5 nitrogen and oxygen atoms in total. The van der Waals surface area contributed by atoms with Gasteiger partial charge in [0.25, 0.3) is 0 Å². The zero-order valence-electron chi connectivity index (χ0n) is 32.3. The fourth-order valence-corrected chi connectivity index (χ4v) is 12.7. The Bertz CT molecular complexity index is 1280. The van der Waals surface area contributed by atoms with Gasteiger partial charge in [-0.3, -0.25) is 9.59 Å². The molecule has 2 aromatic carbocycles. The van der Waals surface area contributed by atoms with Crippen LogP contribution in [0.2, 0.25) is 0 Å². The van der Waals surface area contributed by atoms with Gasteiger partial charge in [-0.2, -0.15) is 0 Å². The van der Waals surface area contributed by atoms with E-state index in [1.54, 1.807) is 19.1 Å². The highest BCUT2D eigenvalue weighted by molar-refractivity contribution is 7.75. The molecule has 50 heavy (non-hydrogen) atoms. The molecule has 0 saturated heterocycles. The van der Waals surface area contributed by atoms with E-state index < -0.39 is 13.0 Å². The van der Waals surface area contributed by atoms with E-state index >= 15 is 0 Å². The monoisotopic (exact) mass is 709 g/mol. The van der Waals surface area contributed by atoms with Gasteiger partial charge in [0.1, 0.15) is 17.2 Å². The van der Waals surface area contributed by atoms with Crippen molar-refractivity contribution in [3.8, 4) is 17.2 Å². The standard InChI is InChI=1S/C44H69O5P/c1-5-8-11-14-17-22-27-50(28-23-18-15-12-9-6-2,29-24-19-16-13-10-7-3)30-25-20-21-26-49-36-33-38-42(40(46)34-36)44(48)41-37(43(38)47)31-35(4)32-39(41)45/h31-34H,5-30H2,1-4H3,(H-,45,46,48)/p+1. The number of phenolic OH excluding ortho intramolecular Hbond substituents is 2. The summed E-state index contributed by atoms with van der Waals surface area (Å²) in [6, 6.07) is 6.10. The topological polar surface area (TPSA) is 83.8 Å². The number of carbonyl (C=O) groups is 2. The van der Waals surface area contributed by atoms with Crippen LogP contribution in [0.25, 0.3) is 0 Å². The van der Waals surface area contributed by atoms with Crippen LogP contribution >= 0.6 is 7.26 Å². The van der Waals surface area contributed by atoms with Crippen molar-refractivity contribution in [3.63, 3.8) is 0 Å². The first kappa shape index (κ1) is 42.0. The average Bonchev–Trinajstić information content (AvgIpc) is 3.09. The Kier molecular flexibility index (Phi) is 19.5. The second kappa shape index (κ2) is 23.2. The van der Waals surface area contributed by atoms with Crippen molar-refractivity contribution in [1.29, 1.82) is 0 Å². The SMILES string of the molecule is CCCCCCCC[P+](CCCCCCCC)(CCCCCCCC)CCCCCOc1cc(O)c2c(c1)C(=O)c1cc(C)cc(O)c1C2=O. The lowest BCUT2D eigenvalue weighted by Crippen LogP contribution is -2.21. The number of fused-ring (bicyclic) bond motifs is 2. The largest absolute Gasteiger partial charge is 0.507 e. The van der Waals surface area contributed by atoms with Crippen LogP contribution in [-0.4, -0.2) is 53.0 Å². The molecule has 6 heteroatoms. The molecule has 0 atom stereocenters. The minimum absolute atomic E-state index is 0.0412. The van der Waals surface area contributed by atoms with Crippen molar-refractivity contribution in [2.45, 2.75) is 163 Å². The van der Waals surface area contributed by atoms with Crippen molar-refractivity contribution in [2.24, 2.45) is 0 Å². The van der Waals surface area contributed by atoms with E-state index in [0.717, 1.165) is 12.8 Å². The first-order chi connectivity index (χ1) is 24.3. The number of aryl methyl sites for hydroxylation is 1. The molecule has 1 aliphatic carbocycles. The molecule has 0 bridgehead atoms. The van der Waals surface area contributed by atoms with Gasteiger partial charge in [0, 0.05) is 24.5 Å². The van der Waals surface area contributed by atoms with E-state index in [1.165, 1.54) is 159 Å². The number of unbranched alkanes of at least 4 members (excludes halogenated alkanes) is 17. The lowest BCUT2D eigenvalue weighted by Gasteiger charge is -2.28. The number of aromatic hydroxyl groups is 2. The third-order valence-electron chi connectivity index (χ3n) is 10.8. The summed E-state index contributed by atoms with van der Waals surface area (Å²) in [4.78, 5) is 26.6. The molecule has 0 radical (unpaired) electrons. The van der Waals surface area contributed by atoms with Crippen LogP contribution in [0, 0.1) is 6.92 Å². The molecular formula is C44H70O5P+. The van der Waals surface area contributed by atoms with Gasteiger partial charge in [0.15, 0.2) is 5.78 Å². The van der Waals surface area contributed by atoms with Gasteiger partial charge in [0.2, 0.25) is 5.78 Å². The molecule has 2 N–H and O–H groups in total. The van der Waals surface area contributed by atoms with E-state index in [1.807, 2.05) is 0 Å². The first-order valence-corrected chi connectivity index (χ1v) is 23.1. The number of carbonyl (C=O) groups excluding carboxylic acids is 2. The molecule has 3 rings (SSSR count). The summed E-state index contributed by atoms with van der Waals surface area (Å²) in [6.07, 6.45) is 34.0. The number of hydrogen-bond acceptors (Lipinski definition) is 5. The van der Waals surface area contributed by atoms with Crippen LogP contribution in [0.3, 0.4) is 0 Å². The lowest BCUT2D eigenvalue weighted by atomic mass is 9.82. The molecule has 0 unspecified atom stereocenters. The quantitative estimate of drug-likeness (QED) is 0.0579. The van der Waals surface area contributed by atoms with Crippen molar-refractivity contribution in [3.05, 3.63) is 52.1 Å². The third kappa shape index (κ3) is 13.3.